The number of imide groups is 1. The van der Waals surface area contributed by atoms with Crippen molar-refractivity contribution in [1.82, 2.24) is 46.8 Å². The third-order valence-electron chi connectivity index (χ3n) is 5.15. The Balaban J connectivity index is 1.95. The summed E-state index contributed by atoms with van der Waals surface area (Å²) in [6.07, 6.45) is -0.176. The van der Waals surface area contributed by atoms with Crippen molar-refractivity contribution in [2.45, 2.75) is 51.7 Å². The number of urea groups is 1. The minimum Gasteiger partial charge on any atom is -0.481 e. The van der Waals surface area contributed by atoms with Gasteiger partial charge in [0.2, 0.25) is 17.7 Å². The van der Waals surface area contributed by atoms with Crippen molar-refractivity contribution in [2.75, 3.05) is 13.1 Å². The van der Waals surface area contributed by atoms with Crippen LogP contribution >= 0.6 is 0 Å². The van der Waals surface area contributed by atoms with Crippen molar-refractivity contribution in [3.8, 4) is 0 Å². The number of amides is 6. The van der Waals surface area contributed by atoms with Gasteiger partial charge in [-0.2, -0.15) is 5.21 Å². The maximum absolute atomic E-state index is 12.7. The van der Waals surface area contributed by atoms with Crippen LogP contribution in [-0.2, 0) is 30.5 Å². The number of hydrogen-bond donors (Lipinski definition) is 6. The summed E-state index contributed by atoms with van der Waals surface area (Å²) in [6, 6.07) is -2.95. The summed E-state index contributed by atoms with van der Waals surface area (Å²) in [4.78, 5) is 73.2. The predicted octanol–water partition coefficient (Wildman–Crippen LogP) is -2.75. The SMILES string of the molecule is CC[C@H](C)[C@H](NC(=O)CCC(=O)O)C(=O)NCC(=O)N1C(=O)NC[C@H]1C(=O)NCc1nn[nH]n1. The van der Waals surface area contributed by atoms with Gasteiger partial charge >= 0.3 is 12.0 Å². The molecule has 16 nitrogen and oxygen atoms in total. The standard InChI is InChI=1S/C18H27N9O7/c1-3-9(2)15(22-12(28)4-5-14(30)31)17(33)20-8-13(29)27-10(6-21-18(27)34)16(32)19-7-11-23-25-26-24-11/h9-10,15H,3-8H2,1-2H3,(H,19,32)(H,20,33)(H,21,34)(H,22,28)(H,30,31)(H,23,24,25,26)/t9-,10-,15-/m0/s1. The van der Waals surface area contributed by atoms with Crippen LogP contribution in [0.5, 0.6) is 0 Å². The molecule has 0 saturated carbocycles. The summed E-state index contributed by atoms with van der Waals surface area (Å²) >= 11 is 0. The molecule has 2 heterocycles. The lowest BCUT2D eigenvalue weighted by Gasteiger charge is -2.24. The Hall–Kier alpha value is -4.11. The molecular weight excluding hydrogens is 454 g/mol. The van der Waals surface area contributed by atoms with Gasteiger partial charge in [0, 0.05) is 13.0 Å². The monoisotopic (exact) mass is 481 g/mol. The molecule has 1 aromatic heterocycles. The normalized spacial score (nSPS) is 16.8. The van der Waals surface area contributed by atoms with Crippen molar-refractivity contribution < 1.29 is 33.9 Å². The Morgan fingerprint density at radius 3 is 2.56 bits per heavy atom. The number of tetrazole rings is 1. The van der Waals surface area contributed by atoms with Crippen LogP contribution in [0.25, 0.3) is 0 Å². The van der Waals surface area contributed by atoms with E-state index in [1.54, 1.807) is 13.8 Å². The van der Waals surface area contributed by atoms with E-state index >= 15 is 0 Å². The van der Waals surface area contributed by atoms with Crippen LogP contribution in [0, 0.1) is 5.92 Å². The second-order valence-corrected chi connectivity index (χ2v) is 7.55. The fourth-order valence-electron chi connectivity index (χ4n) is 3.07. The van der Waals surface area contributed by atoms with Crippen molar-refractivity contribution in [1.29, 1.82) is 0 Å². The summed E-state index contributed by atoms with van der Waals surface area (Å²) in [6.45, 7) is 2.72. The van der Waals surface area contributed by atoms with Gasteiger partial charge in [-0.05, 0) is 5.92 Å². The number of aliphatic carboxylic acids is 1. The molecule has 1 aromatic rings. The summed E-state index contributed by atoms with van der Waals surface area (Å²) < 4.78 is 0. The Morgan fingerprint density at radius 2 is 1.94 bits per heavy atom. The minimum atomic E-state index is -1.15. The van der Waals surface area contributed by atoms with Crippen molar-refractivity contribution >= 4 is 35.6 Å². The first-order valence-electron chi connectivity index (χ1n) is 10.5. The fourth-order valence-corrected chi connectivity index (χ4v) is 3.07. The molecule has 2 rings (SSSR count). The number of carbonyl (C=O) groups excluding carboxylic acids is 5. The van der Waals surface area contributed by atoms with Crippen molar-refractivity contribution in [2.24, 2.45) is 5.92 Å². The van der Waals surface area contributed by atoms with Crippen LogP contribution < -0.4 is 21.3 Å². The second kappa shape index (κ2) is 12.2. The molecule has 186 valence electrons. The van der Waals surface area contributed by atoms with E-state index in [4.69, 9.17) is 5.11 Å². The van der Waals surface area contributed by atoms with E-state index in [2.05, 4.69) is 41.9 Å². The van der Waals surface area contributed by atoms with Gasteiger partial charge in [-0.3, -0.25) is 24.0 Å². The van der Waals surface area contributed by atoms with E-state index < -0.39 is 54.3 Å². The van der Waals surface area contributed by atoms with Crippen LogP contribution in [0.4, 0.5) is 4.79 Å². The largest absolute Gasteiger partial charge is 0.481 e. The number of carbonyl (C=O) groups is 6. The fraction of sp³-hybridized carbons (Fsp3) is 0.611. The van der Waals surface area contributed by atoms with Crippen molar-refractivity contribution in [3.05, 3.63) is 5.82 Å². The number of carboxylic acid groups (broad SMARTS) is 1. The molecule has 0 unspecified atom stereocenters. The second-order valence-electron chi connectivity index (χ2n) is 7.55. The number of aromatic amines is 1. The molecule has 1 saturated heterocycles. The molecule has 6 amide bonds. The lowest BCUT2D eigenvalue weighted by molar-refractivity contribution is -0.139. The zero-order valence-corrected chi connectivity index (χ0v) is 18.7. The lowest BCUT2D eigenvalue weighted by Crippen LogP contribution is -2.54. The van der Waals surface area contributed by atoms with Crippen molar-refractivity contribution in [3.63, 3.8) is 0 Å². The average Bonchev–Trinajstić information content (AvgIpc) is 3.47. The summed E-state index contributed by atoms with van der Waals surface area (Å²) in [7, 11) is 0. The maximum atomic E-state index is 12.7. The van der Waals surface area contributed by atoms with E-state index in [0.29, 0.717) is 11.3 Å². The highest BCUT2D eigenvalue weighted by molar-refractivity contribution is 6.03. The van der Waals surface area contributed by atoms with Gasteiger partial charge in [-0.1, -0.05) is 25.5 Å². The van der Waals surface area contributed by atoms with Gasteiger partial charge in [0.05, 0.1) is 19.5 Å². The quantitative estimate of drug-likeness (QED) is 0.180. The highest BCUT2D eigenvalue weighted by Crippen LogP contribution is 2.10. The number of nitrogens with zero attached hydrogens (tertiary/aromatic N) is 4. The van der Waals surface area contributed by atoms with E-state index in [9.17, 15) is 28.8 Å². The van der Waals surface area contributed by atoms with Crippen LogP contribution in [-0.4, -0.2) is 91.4 Å². The van der Waals surface area contributed by atoms with Crippen LogP contribution in [0.3, 0.4) is 0 Å². The van der Waals surface area contributed by atoms with Gasteiger partial charge < -0.3 is 26.4 Å². The Kier molecular flexibility index (Phi) is 9.39. The molecule has 3 atom stereocenters. The molecule has 0 aromatic carbocycles. The Labute approximate surface area is 193 Å². The van der Waals surface area contributed by atoms with Gasteiger partial charge in [0.1, 0.15) is 12.1 Å². The molecule has 1 aliphatic rings. The highest BCUT2D eigenvalue weighted by Gasteiger charge is 2.40. The van der Waals surface area contributed by atoms with E-state index in [-0.39, 0.29) is 37.7 Å². The molecular formula is C18H27N9O7. The Morgan fingerprint density at radius 1 is 1.21 bits per heavy atom. The third kappa shape index (κ3) is 7.21. The van der Waals surface area contributed by atoms with Gasteiger partial charge in [0.25, 0.3) is 5.91 Å². The van der Waals surface area contributed by atoms with Gasteiger partial charge in [0.15, 0.2) is 5.82 Å². The van der Waals surface area contributed by atoms with E-state index in [1.165, 1.54) is 0 Å². The summed E-state index contributed by atoms with van der Waals surface area (Å²) in [5.74, 6) is -4.02. The summed E-state index contributed by atoms with van der Waals surface area (Å²) in [5.41, 5.74) is 0. The van der Waals surface area contributed by atoms with Crippen LogP contribution in [0.2, 0.25) is 0 Å². The number of aromatic nitrogens is 4. The zero-order chi connectivity index (χ0) is 25.3. The summed E-state index contributed by atoms with van der Waals surface area (Å²) in [5, 5.41) is 31.4. The molecule has 0 aliphatic carbocycles. The minimum absolute atomic E-state index is 0.0725. The van der Waals surface area contributed by atoms with E-state index in [1.807, 2.05) is 0 Å². The van der Waals surface area contributed by atoms with Gasteiger partial charge in [-0.15, -0.1) is 10.2 Å². The number of H-pyrrole nitrogens is 1. The molecule has 16 heteroatoms. The van der Waals surface area contributed by atoms with Crippen LogP contribution in [0.15, 0.2) is 0 Å². The first-order chi connectivity index (χ1) is 16.1. The maximum Gasteiger partial charge on any atom is 0.325 e. The Bertz CT molecular complexity index is 921. The number of rotatable bonds is 12. The zero-order valence-electron chi connectivity index (χ0n) is 18.7. The number of carboxylic acids is 1. The molecule has 0 spiro atoms. The number of hydrogen-bond acceptors (Lipinski definition) is 9. The van der Waals surface area contributed by atoms with Gasteiger partial charge in [-0.25, -0.2) is 9.69 Å². The number of nitrogens with one attached hydrogen (secondary N) is 5. The predicted molar refractivity (Wildman–Crippen MR) is 111 cm³/mol. The highest BCUT2D eigenvalue weighted by atomic mass is 16.4. The van der Waals surface area contributed by atoms with E-state index in [0.717, 1.165) is 0 Å². The lowest BCUT2D eigenvalue weighted by atomic mass is 9.98. The molecule has 1 fully saturated rings. The molecule has 6 N–H and O–H groups in total. The first kappa shape index (κ1) is 26.1. The molecule has 34 heavy (non-hydrogen) atoms. The first-order valence-corrected chi connectivity index (χ1v) is 10.5. The topological polar surface area (TPSA) is 228 Å². The smallest absolute Gasteiger partial charge is 0.325 e. The molecule has 1 aliphatic heterocycles. The average molecular weight is 481 g/mol. The third-order valence-corrected chi connectivity index (χ3v) is 5.15. The molecule has 0 bridgehead atoms. The van der Waals surface area contributed by atoms with Crippen LogP contribution in [0.1, 0.15) is 38.9 Å². The molecule has 0 radical (unpaired) electrons.